The first-order valence-corrected chi connectivity index (χ1v) is 6.56. The lowest BCUT2D eigenvalue weighted by Gasteiger charge is -2.37. The Morgan fingerprint density at radius 2 is 1.94 bits per heavy atom. The number of aliphatic carboxylic acids is 1. The molecule has 3 heteroatoms. The van der Waals surface area contributed by atoms with Gasteiger partial charge in [-0.25, -0.2) is 4.79 Å². The molecule has 2 rings (SSSR count). The lowest BCUT2D eigenvalue weighted by atomic mass is 9.93. The lowest BCUT2D eigenvalue weighted by molar-refractivity contribution is -0.143. The SMILES string of the molecule is CCc1ccc(N(C)C(C)(C(=O)O)C2CC2)cc1. The molecular weight excluding hydrogens is 226 g/mol. The average Bonchev–Trinajstić information content (AvgIpc) is 3.21. The smallest absolute Gasteiger partial charge is 0.329 e. The molecule has 1 atom stereocenters. The molecule has 0 saturated heterocycles. The summed E-state index contributed by atoms with van der Waals surface area (Å²) in [5.74, 6) is -0.460. The van der Waals surface area contributed by atoms with Crippen molar-refractivity contribution in [2.75, 3.05) is 11.9 Å². The van der Waals surface area contributed by atoms with E-state index in [4.69, 9.17) is 0 Å². The first-order chi connectivity index (χ1) is 8.50. The molecule has 0 amide bonds. The van der Waals surface area contributed by atoms with Gasteiger partial charge < -0.3 is 10.0 Å². The number of nitrogens with zero attached hydrogens (tertiary/aromatic N) is 1. The Bertz CT molecular complexity index is 436. The zero-order valence-electron chi connectivity index (χ0n) is 11.3. The van der Waals surface area contributed by atoms with Crippen molar-refractivity contribution in [1.82, 2.24) is 0 Å². The number of hydrogen-bond acceptors (Lipinski definition) is 2. The number of rotatable bonds is 5. The molecule has 1 aromatic carbocycles. The van der Waals surface area contributed by atoms with Crippen LogP contribution in [0.25, 0.3) is 0 Å². The first-order valence-electron chi connectivity index (χ1n) is 6.56. The molecule has 18 heavy (non-hydrogen) atoms. The van der Waals surface area contributed by atoms with Crippen molar-refractivity contribution >= 4 is 11.7 Å². The van der Waals surface area contributed by atoms with E-state index in [1.165, 1.54) is 5.56 Å². The molecule has 0 spiro atoms. The van der Waals surface area contributed by atoms with Gasteiger partial charge in [0.1, 0.15) is 5.54 Å². The van der Waals surface area contributed by atoms with Crippen molar-refractivity contribution in [1.29, 1.82) is 0 Å². The van der Waals surface area contributed by atoms with Crippen LogP contribution in [0.15, 0.2) is 24.3 Å². The highest BCUT2D eigenvalue weighted by Gasteiger charge is 2.50. The van der Waals surface area contributed by atoms with Gasteiger partial charge in [-0.05, 0) is 49.8 Å². The van der Waals surface area contributed by atoms with E-state index < -0.39 is 11.5 Å². The Balaban J connectivity index is 2.27. The van der Waals surface area contributed by atoms with Crippen LogP contribution >= 0.6 is 0 Å². The summed E-state index contributed by atoms with van der Waals surface area (Å²) in [6, 6.07) is 8.17. The van der Waals surface area contributed by atoms with Crippen LogP contribution in [0.3, 0.4) is 0 Å². The molecular formula is C15H21NO2. The summed E-state index contributed by atoms with van der Waals surface area (Å²) in [6.45, 7) is 3.95. The van der Waals surface area contributed by atoms with E-state index in [0.717, 1.165) is 24.9 Å². The van der Waals surface area contributed by atoms with Crippen molar-refractivity contribution < 1.29 is 9.90 Å². The van der Waals surface area contributed by atoms with Crippen LogP contribution in [0.1, 0.15) is 32.3 Å². The van der Waals surface area contributed by atoms with Gasteiger partial charge in [0.25, 0.3) is 0 Å². The van der Waals surface area contributed by atoms with Crippen molar-refractivity contribution in [3.05, 3.63) is 29.8 Å². The summed E-state index contributed by atoms with van der Waals surface area (Å²) < 4.78 is 0. The molecule has 0 heterocycles. The van der Waals surface area contributed by atoms with Gasteiger partial charge in [0.05, 0.1) is 0 Å². The number of carboxylic acid groups (broad SMARTS) is 1. The molecule has 1 aliphatic rings. The minimum absolute atomic E-state index is 0.269. The minimum atomic E-state index is -0.784. The fraction of sp³-hybridized carbons (Fsp3) is 0.533. The molecule has 3 nitrogen and oxygen atoms in total. The molecule has 1 N–H and O–H groups in total. The fourth-order valence-electron chi connectivity index (χ4n) is 2.46. The largest absolute Gasteiger partial charge is 0.479 e. The highest BCUT2D eigenvalue weighted by Crippen LogP contribution is 2.44. The zero-order chi connectivity index (χ0) is 13.3. The molecule has 0 radical (unpaired) electrons. The second kappa shape index (κ2) is 4.63. The third kappa shape index (κ3) is 2.09. The summed E-state index contributed by atoms with van der Waals surface area (Å²) in [5.41, 5.74) is 1.47. The maximum absolute atomic E-state index is 11.6. The zero-order valence-corrected chi connectivity index (χ0v) is 11.3. The van der Waals surface area contributed by atoms with Gasteiger partial charge in [-0.15, -0.1) is 0 Å². The van der Waals surface area contributed by atoms with E-state index in [2.05, 4.69) is 19.1 Å². The van der Waals surface area contributed by atoms with Crippen molar-refractivity contribution in [3.8, 4) is 0 Å². The number of likely N-dealkylation sites (N-methyl/N-ethyl adjacent to an activating group) is 1. The Labute approximate surface area is 108 Å². The summed E-state index contributed by atoms with van der Waals surface area (Å²) in [5, 5.41) is 9.53. The van der Waals surface area contributed by atoms with Crippen LogP contribution in [-0.2, 0) is 11.2 Å². The van der Waals surface area contributed by atoms with E-state index in [1.54, 1.807) is 0 Å². The van der Waals surface area contributed by atoms with E-state index in [-0.39, 0.29) is 5.92 Å². The quantitative estimate of drug-likeness (QED) is 0.869. The molecule has 1 aromatic rings. The summed E-state index contributed by atoms with van der Waals surface area (Å²) in [4.78, 5) is 13.5. The summed E-state index contributed by atoms with van der Waals surface area (Å²) in [6.07, 6.45) is 3.03. The van der Waals surface area contributed by atoms with Crippen molar-refractivity contribution in [2.45, 2.75) is 38.6 Å². The number of hydrogen-bond donors (Lipinski definition) is 1. The highest BCUT2D eigenvalue weighted by molar-refractivity contribution is 5.84. The molecule has 1 fully saturated rings. The predicted molar refractivity (Wildman–Crippen MR) is 73.0 cm³/mol. The van der Waals surface area contributed by atoms with Crippen molar-refractivity contribution in [3.63, 3.8) is 0 Å². The van der Waals surface area contributed by atoms with Gasteiger partial charge in [-0.1, -0.05) is 19.1 Å². The lowest BCUT2D eigenvalue weighted by Crippen LogP contribution is -2.52. The Hall–Kier alpha value is -1.51. The maximum Gasteiger partial charge on any atom is 0.329 e. The van der Waals surface area contributed by atoms with E-state index >= 15 is 0 Å². The normalized spacial score (nSPS) is 18.2. The van der Waals surface area contributed by atoms with Gasteiger partial charge in [0.15, 0.2) is 0 Å². The van der Waals surface area contributed by atoms with Gasteiger partial charge in [0.2, 0.25) is 0 Å². The summed E-state index contributed by atoms with van der Waals surface area (Å²) >= 11 is 0. The van der Waals surface area contributed by atoms with Crippen LogP contribution in [0.5, 0.6) is 0 Å². The number of carbonyl (C=O) groups is 1. The fourth-order valence-corrected chi connectivity index (χ4v) is 2.46. The van der Waals surface area contributed by atoms with E-state index in [1.807, 2.05) is 31.0 Å². The highest BCUT2D eigenvalue weighted by atomic mass is 16.4. The third-order valence-corrected chi connectivity index (χ3v) is 4.23. The monoisotopic (exact) mass is 247 g/mol. The Morgan fingerprint density at radius 3 is 2.33 bits per heavy atom. The van der Waals surface area contributed by atoms with Crippen LogP contribution in [0.2, 0.25) is 0 Å². The topological polar surface area (TPSA) is 40.5 Å². The Kier molecular flexibility index (Phi) is 3.33. The number of benzene rings is 1. The minimum Gasteiger partial charge on any atom is -0.479 e. The van der Waals surface area contributed by atoms with E-state index in [0.29, 0.717) is 0 Å². The van der Waals surface area contributed by atoms with Gasteiger partial charge in [-0.2, -0.15) is 0 Å². The second-order valence-corrected chi connectivity index (χ2v) is 5.31. The number of anilines is 1. The number of aryl methyl sites for hydroxylation is 1. The molecule has 1 saturated carbocycles. The molecule has 98 valence electrons. The first kappa shape index (κ1) is 12.9. The van der Waals surface area contributed by atoms with Gasteiger partial charge in [-0.3, -0.25) is 0 Å². The van der Waals surface area contributed by atoms with Crippen LogP contribution in [0, 0.1) is 5.92 Å². The maximum atomic E-state index is 11.6. The number of carboxylic acids is 1. The molecule has 0 aliphatic heterocycles. The molecule has 0 bridgehead atoms. The van der Waals surface area contributed by atoms with Crippen LogP contribution < -0.4 is 4.90 Å². The third-order valence-electron chi connectivity index (χ3n) is 4.23. The Morgan fingerprint density at radius 1 is 1.39 bits per heavy atom. The summed E-state index contributed by atoms with van der Waals surface area (Å²) in [7, 11) is 1.88. The van der Waals surface area contributed by atoms with Gasteiger partial charge >= 0.3 is 5.97 Å². The average molecular weight is 247 g/mol. The van der Waals surface area contributed by atoms with E-state index in [9.17, 15) is 9.90 Å². The molecule has 1 unspecified atom stereocenters. The predicted octanol–water partition coefficient (Wildman–Crippen LogP) is 2.94. The van der Waals surface area contributed by atoms with Crippen molar-refractivity contribution in [2.24, 2.45) is 5.92 Å². The van der Waals surface area contributed by atoms with Crippen LogP contribution in [-0.4, -0.2) is 23.7 Å². The van der Waals surface area contributed by atoms with Gasteiger partial charge in [0, 0.05) is 12.7 Å². The molecule has 1 aliphatic carbocycles. The van der Waals surface area contributed by atoms with Crippen LogP contribution in [0.4, 0.5) is 5.69 Å². The second-order valence-electron chi connectivity index (χ2n) is 5.31. The standard InChI is InChI=1S/C15H21NO2/c1-4-11-5-9-13(10-6-11)16(3)15(2,14(17)18)12-7-8-12/h5-6,9-10,12H,4,7-8H2,1-3H3,(H,17,18). The molecule has 0 aromatic heterocycles.